The van der Waals surface area contributed by atoms with Crippen molar-refractivity contribution in [3.63, 3.8) is 0 Å². The Morgan fingerprint density at radius 3 is 2.53 bits per heavy atom. The summed E-state index contributed by atoms with van der Waals surface area (Å²) in [5, 5.41) is 3.43. The van der Waals surface area contributed by atoms with E-state index in [1.54, 1.807) is 5.70 Å². The van der Waals surface area contributed by atoms with Gasteiger partial charge in [0, 0.05) is 50.7 Å². The lowest BCUT2D eigenvalue weighted by atomic mass is 9.97. The first-order valence-electron chi connectivity index (χ1n) is 7.94. The molecule has 0 aromatic carbocycles. The molecule has 19 heavy (non-hydrogen) atoms. The molecule has 0 amide bonds. The SMILES string of the molecule is CC1CCN(C2=CC(N3CCNCC3)=CCC2)CC1. The van der Waals surface area contributed by atoms with Crippen LogP contribution in [0.15, 0.2) is 23.5 Å². The van der Waals surface area contributed by atoms with Gasteiger partial charge in [-0.1, -0.05) is 13.0 Å². The van der Waals surface area contributed by atoms with Gasteiger partial charge in [0.25, 0.3) is 0 Å². The highest BCUT2D eigenvalue weighted by molar-refractivity contribution is 5.27. The number of piperidine rings is 1. The second kappa shape index (κ2) is 6.00. The Labute approximate surface area is 117 Å². The minimum Gasteiger partial charge on any atom is -0.375 e. The van der Waals surface area contributed by atoms with Gasteiger partial charge in [-0.15, -0.1) is 0 Å². The number of allylic oxidation sites excluding steroid dienone is 3. The predicted molar refractivity (Wildman–Crippen MR) is 79.8 cm³/mol. The van der Waals surface area contributed by atoms with Crippen LogP contribution in [0.4, 0.5) is 0 Å². The molecule has 3 rings (SSSR count). The van der Waals surface area contributed by atoms with Gasteiger partial charge >= 0.3 is 0 Å². The second-order valence-corrected chi connectivity index (χ2v) is 6.21. The minimum atomic E-state index is 0.920. The molecular formula is C16H27N3. The molecule has 0 radical (unpaired) electrons. The normalized spacial score (nSPS) is 26.2. The van der Waals surface area contributed by atoms with Crippen molar-refractivity contribution in [1.82, 2.24) is 15.1 Å². The highest BCUT2D eigenvalue weighted by Gasteiger charge is 2.21. The van der Waals surface area contributed by atoms with E-state index in [1.165, 1.54) is 44.5 Å². The molecule has 0 aromatic rings. The van der Waals surface area contributed by atoms with Crippen molar-refractivity contribution in [2.45, 2.75) is 32.6 Å². The number of nitrogens with one attached hydrogen (secondary N) is 1. The zero-order valence-corrected chi connectivity index (χ0v) is 12.2. The van der Waals surface area contributed by atoms with Gasteiger partial charge in [0.2, 0.25) is 0 Å². The molecule has 1 aliphatic carbocycles. The van der Waals surface area contributed by atoms with Crippen LogP contribution in [-0.4, -0.2) is 49.1 Å². The molecule has 0 atom stereocenters. The molecule has 106 valence electrons. The predicted octanol–water partition coefficient (Wildman–Crippen LogP) is 2.19. The van der Waals surface area contributed by atoms with Gasteiger partial charge in [0.05, 0.1) is 0 Å². The summed E-state index contributed by atoms with van der Waals surface area (Å²) in [5.74, 6) is 0.920. The van der Waals surface area contributed by atoms with Crippen molar-refractivity contribution in [2.75, 3.05) is 39.3 Å². The van der Waals surface area contributed by atoms with Crippen LogP contribution >= 0.6 is 0 Å². The fourth-order valence-corrected chi connectivity index (χ4v) is 3.36. The summed E-state index contributed by atoms with van der Waals surface area (Å²) in [6.45, 7) is 9.49. The van der Waals surface area contributed by atoms with Crippen LogP contribution in [-0.2, 0) is 0 Å². The average molecular weight is 261 g/mol. The summed E-state index contributed by atoms with van der Waals surface area (Å²) in [5.41, 5.74) is 3.06. The van der Waals surface area contributed by atoms with E-state index in [4.69, 9.17) is 0 Å². The zero-order valence-electron chi connectivity index (χ0n) is 12.2. The standard InChI is InChI=1S/C16H27N3/c1-14-5-9-18(10-6-14)15-3-2-4-16(13-15)19-11-7-17-8-12-19/h4,13-14,17H,2-3,5-12H2,1H3. The maximum Gasteiger partial charge on any atom is 0.0344 e. The quantitative estimate of drug-likeness (QED) is 0.822. The van der Waals surface area contributed by atoms with E-state index in [0.29, 0.717) is 0 Å². The molecule has 0 saturated carbocycles. The van der Waals surface area contributed by atoms with Crippen molar-refractivity contribution in [3.05, 3.63) is 23.5 Å². The van der Waals surface area contributed by atoms with Crippen molar-refractivity contribution < 1.29 is 0 Å². The molecule has 0 bridgehead atoms. The van der Waals surface area contributed by atoms with Gasteiger partial charge in [-0.25, -0.2) is 0 Å². The molecule has 2 heterocycles. The Bertz CT molecular complexity index is 358. The van der Waals surface area contributed by atoms with E-state index in [-0.39, 0.29) is 0 Å². The van der Waals surface area contributed by atoms with Gasteiger partial charge in [-0.2, -0.15) is 0 Å². The smallest absolute Gasteiger partial charge is 0.0344 e. The van der Waals surface area contributed by atoms with Gasteiger partial charge in [0.15, 0.2) is 0 Å². The first-order chi connectivity index (χ1) is 9.33. The number of likely N-dealkylation sites (tertiary alicyclic amines) is 1. The summed E-state index contributed by atoms with van der Waals surface area (Å²) in [7, 11) is 0. The molecule has 1 N–H and O–H groups in total. The van der Waals surface area contributed by atoms with Crippen LogP contribution in [0.1, 0.15) is 32.6 Å². The van der Waals surface area contributed by atoms with E-state index in [2.05, 4.69) is 34.2 Å². The van der Waals surface area contributed by atoms with E-state index in [0.717, 1.165) is 32.1 Å². The first kappa shape index (κ1) is 13.0. The highest BCUT2D eigenvalue weighted by Crippen LogP contribution is 2.27. The largest absolute Gasteiger partial charge is 0.375 e. The minimum absolute atomic E-state index is 0.920. The Kier molecular flexibility index (Phi) is 4.12. The third kappa shape index (κ3) is 3.14. The van der Waals surface area contributed by atoms with Gasteiger partial charge < -0.3 is 15.1 Å². The fraction of sp³-hybridized carbons (Fsp3) is 0.750. The summed E-state index contributed by atoms with van der Waals surface area (Å²) >= 11 is 0. The van der Waals surface area contributed by atoms with Crippen LogP contribution in [0, 0.1) is 5.92 Å². The van der Waals surface area contributed by atoms with E-state index < -0.39 is 0 Å². The molecule has 3 nitrogen and oxygen atoms in total. The summed E-state index contributed by atoms with van der Waals surface area (Å²) < 4.78 is 0. The van der Waals surface area contributed by atoms with E-state index >= 15 is 0 Å². The molecule has 2 fully saturated rings. The number of piperazine rings is 1. The third-order valence-corrected chi connectivity index (χ3v) is 4.74. The van der Waals surface area contributed by atoms with Gasteiger partial charge in [0.1, 0.15) is 0 Å². The lowest BCUT2D eigenvalue weighted by Gasteiger charge is -2.37. The molecule has 0 unspecified atom stereocenters. The van der Waals surface area contributed by atoms with Crippen LogP contribution in [0.5, 0.6) is 0 Å². The number of nitrogens with zero attached hydrogens (tertiary/aromatic N) is 2. The highest BCUT2D eigenvalue weighted by atomic mass is 15.2. The van der Waals surface area contributed by atoms with Gasteiger partial charge in [-0.05, 0) is 37.7 Å². The molecule has 3 aliphatic rings. The molecular weight excluding hydrogens is 234 g/mol. The lowest BCUT2D eigenvalue weighted by Crippen LogP contribution is -2.43. The molecule has 2 aliphatic heterocycles. The molecule has 2 saturated heterocycles. The maximum absolute atomic E-state index is 3.43. The Hall–Kier alpha value is -0.960. The third-order valence-electron chi connectivity index (χ3n) is 4.74. The number of hydrogen-bond acceptors (Lipinski definition) is 3. The monoisotopic (exact) mass is 261 g/mol. The van der Waals surface area contributed by atoms with Crippen LogP contribution in [0.2, 0.25) is 0 Å². The van der Waals surface area contributed by atoms with E-state index in [1.807, 2.05) is 0 Å². The Morgan fingerprint density at radius 2 is 1.79 bits per heavy atom. The number of rotatable bonds is 2. The van der Waals surface area contributed by atoms with E-state index in [9.17, 15) is 0 Å². The summed E-state index contributed by atoms with van der Waals surface area (Å²) in [6.07, 6.45) is 10.1. The topological polar surface area (TPSA) is 18.5 Å². The Balaban J connectivity index is 1.65. The first-order valence-corrected chi connectivity index (χ1v) is 7.94. The van der Waals surface area contributed by atoms with Crippen LogP contribution in [0.25, 0.3) is 0 Å². The zero-order chi connectivity index (χ0) is 13.1. The molecule has 0 aromatic heterocycles. The Morgan fingerprint density at radius 1 is 1.05 bits per heavy atom. The summed E-state index contributed by atoms with van der Waals surface area (Å²) in [4.78, 5) is 5.18. The van der Waals surface area contributed by atoms with Crippen LogP contribution < -0.4 is 5.32 Å². The van der Waals surface area contributed by atoms with Crippen molar-refractivity contribution >= 4 is 0 Å². The molecule has 0 spiro atoms. The van der Waals surface area contributed by atoms with Crippen LogP contribution in [0.3, 0.4) is 0 Å². The fourth-order valence-electron chi connectivity index (χ4n) is 3.36. The molecule has 3 heteroatoms. The van der Waals surface area contributed by atoms with Gasteiger partial charge in [-0.3, -0.25) is 0 Å². The lowest BCUT2D eigenvalue weighted by molar-refractivity contribution is 0.228. The van der Waals surface area contributed by atoms with Crippen molar-refractivity contribution in [3.8, 4) is 0 Å². The second-order valence-electron chi connectivity index (χ2n) is 6.21. The summed E-state index contributed by atoms with van der Waals surface area (Å²) in [6, 6.07) is 0. The average Bonchev–Trinajstić information content (AvgIpc) is 2.49. The maximum atomic E-state index is 3.43. The number of hydrogen-bond donors (Lipinski definition) is 1. The van der Waals surface area contributed by atoms with Crippen molar-refractivity contribution in [2.24, 2.45) is 5.92 Å². The van der Waals surface area contributed by atoms with Crippen molar-refractivity contribution in [1.29, 1.82) is 0 Å².